The highest BCUT2D eigenvalue weighted by atomic mass is 16.5. The minimum absolute atomic E-state index is 0.283. The predicted octanol–water partition coefficient (Wildman–Crippen LogP) is 1.67. The number of methoxy groups -OCH3 is 1. The molecule has 3 aromatic rings. The van der Waals surface area contributed by atoms with Crippen LogP contribution < -0.4 is 0 Å². The molecule has 3 rings (SSSR count). The molecule has 0 unspecified atom stereocenters. The van der Waals surface area contributed by atoms with E-state index in [9.17, 15) is 4.79 Å². The van der Waals surface area contributed by atoms with Crippen LogP contribution in [0.2, 0.25) is 0 Å². The van der Waals surface area contributed by atoms with Crippen molar-refractivity contribution >= 4 is 22.5 Å². The lowest BCUT2D eigenvalue weighted by molar-refractivity contribution is 0.0594. The van der Waals surface area contributed by atoms with Crippen molar-refractivity contribution in [1.29, 1.82) is 0 Å². The van der Waals surface area contributed by atoms with Crippen LogP contribution in [0.3, 0.4) is 0 Å². The van der Waals surface area contributed by atoms with Gasteiger partial charge in [-0.1, -0.05) is 12.1 Å². The van der Waals surface area contributed by atoms with Crippen molar-refractivity contribution in [3.05, 3.63) is 42.2 Å². The first kappa shape index (κ1) is 9.77. The highest BCUT2D eigenvalue weighted by molar-refractivity contribution is 5.94. The predicted molar refractivity (Wildman–Crippen MR) is 61.8 cm³/mol. The number of hydrogen-bond donors (Lipinski definition) is 0. The van der Waals surface area contributed by atoms with E-state index in [2.05, 4.69) is 14.8 Å². The number of benzene rings is 1. The second kappa shape index (κ2) is 3.55. The van der Waals surface area contributed by atoms with E-state index in [4.69, 9.17) is 0 Å². The molecule has 2 aromatic heterocycles. The Morgan fingerprint density at radius 2 is 2.12 bits per heavy atom. The van der Waals surface area contributed by atoms with Crippen molar-refractivity contribution in [2.45, 2.75) is 0 Å². The van der Waals surface area contributed by atoms with Gasteiger partial charge in [0.25, 0.3) is 0 Å². The zero-order chi connectivity index (χ0) is 11.8. The summed E-state index contributed by atoms with van der Waals surface area (Å²) in [5, 5.41) is 5.26. The first-order valence-corrected chi connectivity index (χ1v) is 5.12. The summed E-state index contributed by atoms with van der Waals surface area (Å²) in [4.78, 5) is 15.7. The van der Waals surface area contributed by atoms with E-state index in [0.29, 0.717) is 5.65 Å². The van der Waals surface area contributed by atoms with Crippen molar-refractivity contribution < 1.29 is 9.53 Å². The molecule has 84 valence electrons. The van der Waals surface area contributed by atoms with E-state index in [1.54, 1.807) is 16.8 Å². The molecule has 0 fully saturated rings. The Bertz CT molecular complexity index is 718. The summed E-state index contributed by atoms with van der Waals surface area (Å²) in [6, 6.07) is 9.24. The third-order valence-electron chi connectivity index (χ3n) is 2.57. The van der Waals surface area contributed by atoms with Gasteiger partial charge < -0.3 is 4.74 Å². The molecule has 2 heterocycles. The number of esters is 1. The summed E-state index contributed by atoms with van der Waals surface area (Å²) in [5.41, 5.74) is 1.79. The Morgan fingerprint density at radius 3 is 2.94 bits per heavy atom. The van der Waals surface area contributed by atoms with E-state index in [1.807, 2.05) is 24.3 Å². The van der Waals surface area contributed by atoms with Crippen LogP contribution in [0.15, 0.2) is 36.5 Å². The van der Waals surface area contributed by atoms with Gasteiger partial charge >= 0.3 is 5.97 Å². The highest BCUT2D eigenvalue weighted by Gasteiger charge is 2.11. The number of carbonyl (C=O) groups is 1. The average molecular weight is 227 g/mol. The second-order valence-corrected chi connectivity index (χ2v) is 3.59. The number of aromatic nitrogens is 3. The van der Waals surface area contributed by atoms with Crippen molar-refractivity contribution in [2.24, 2.45) is 0 Å². The number of rotatable bonds is 1. The molecular formula is C12H9N3O2. The quantitative estimate of drug-likeness (QED) is 0.593. The van der Waals surface area contributed by atoms with Gasteiger partial charge in [-0.05, 0) is 18.2 Å². The molecule has 0 atom stereocenters. The molecule has 0 amide bonds. The molecule has 0 radical (unpaired) electrons. The van der Waals surface area contributed by atoms with E-state index in [1.165, 1.54) is 7.11 Å². The first-order valence-electron chi connectivity index (χ1n) is 5.12. The lowest BCUT2D eigenvalue weighted by Crippen LogP contribution is -2.05. The van der Waals surface area contributed by atoms with Gasteiger partial charge in [0.2, 0.25) is 0 Å². The summed E-state index contributed by atoms with van der Waals surface area (Å²) in [5.74, 6) is -0.446. The van der Waals surface area contributed by atoms with Gasteiger partial charge in [0.1, 0.15) is 0 Å². The number of nitrogens with zero attached hydrogens (tertiary/aromatic N) is 3. The molecule has 5 heteroatoms. The van der Waals surface area contributed by atoms with E-state index < -0.39 is 5.97 Å². The van der Waals surface area contributed by atoms with Crippen LogP contribution in [0, 0.1) is 0 Å². The maximum atomic E-state index is 11.4. The van der Waals surface area contributed by atoms with Crippen LogP contribution in [0.1, 0.15) is 10.5 Å². The molecule has 0 N–H and O–H groups in total. The van der Waals surface area contributed by atoms with Gasteiger partial charge in [-0.2, -0.15) is 5.10 Å². The van der Waals surface area contributed by atoms with Crippen LogP contribution in [0.5, 0.6) is 0 Å². The maximum Gasteiger partial charge on any atom is 0.356 e. The molecule has 5 nitrogen and oxygen atoms in total. The Kier molecular flexibility index (Phi) is 2.04. The average Bonchev–Trinajstić information content (AvgIpc) is 2.75. The van der Waals surface area contributed by atoms with Gasteiger partial charge in [0.05, 0.1) is 12.6 Å². The van der Waals surface area contributed by atoms with Crippen LogP contribution in [0.25, 0.3) is 16.6 Å². The van der Waals surface area contributed by atoms with Gasteiger partial charge in [-0.3, -0.25) is 0 Å². The Morgan fingerprint density at radius 1 is 1.29 bits per heavy atom. The lowest BCUT2D eigenvalue weighted by atomic mass is 10.2. The molecule has 17 heavy (non-hydrogen) atoms. The highest BCUT2D eigenvalue weighted by Crippen LogP contribution is 2.17. The Balaban J connectivity index is 2.33. The minimum atomic E-state index is -0.446. The number of fused-ring (bicyclic) bond motifs is 3. The van der Waals surface area contributed by atoms with Crippen LogP contribution in [0.4, 0.5) is 0 Å². The van der Waals surface area contributed by atoms with Gasteiger partial charge in [-0.15, -0.1) is 0 Å². The monoisotopic (exact) mass is 227 g/mol. The number of ether oxygens (including phenoxy) is 1. The molecule has 1 aromatic carbocycles. The molecule has 0 aliphatic heterocycles. The molecule has 0 saturated heterocycles. The number of hydrogen-bond acceptors (Lipinski definition) is 4. The third kappa shape index (κ3) is 1.44. The lowest BCUT2D eigenvalue weighted by Gasteiger charge is -1.98. The molecular weight excluding hydrogens is 218 g/mol. The van der Waals surface area contributed by atoms with Gasteiger partial charge in [0.15, 0.2) is 11.3 Å². The second-order valence-electron chi connectivity index (χ2n) is 3.59. The van der Waals surface area contributed by atoms with E-state index in [-0.39, 0.29) is 5.69 Å². The summed E-state index contributed by atoms with van der Waals surface area (Å²) in [6.07, 6.45) is 1.70. The summed E-state index contributed by atoms with van der Waals surface area (Å²) < 4.78 is 6.29. The third-order valence-corrected chi connectivity index (χ3v) is 2.57. The van der Waals surface area contributed by atoms with Crippen molar-refractivity contribution in [3.63, 3.8) is 0 Å². The number of carbonyl (C=O) groups excluding carboxylic acids is 1. The van der Waals surface area contributed by atoms with Gasteiger partial charge in [-0.25, -0.2) is 14.3 Å². The summed E-state index contributed by atoms with van der Waals surface area (Å²) in [7, 11) is 1.34. The zero-order valence-corrected chi connectivity index (χ0v) is 9.12. The Labute approximate surface area is 96.6 Å². The summed E-state index contributed by atoms with van der Waals surface area (Å²) >= 11 is 0. The standard InChI is InChI=1S/C12H9N3O2/c1-17-12(16)10-6-7-15-11(13-10)8-4-2-3-5-9(8)14-15/h2-7H,1H3. The minimum Gasteiger partial charge on any atom is -0.464 e. The van der Waals surface area contributed by atoms with Crippen LogP contribution in [-0.2, 0) is 4.74 Å². The van der Waals surface area contributed by atoms with E-state index >= 15 is 0 Å². The van der Waals surface area contributed by atoms with E-state index in [0.717, 1.165) is 10.9 Å². The maximum absolute atomic E-state index is 11.4. The molecule has 0 aliphatic carbocycles. The molecule has 0 spiro atoms. The fraction of sp³-hybridized carbons (Fsp3) is 0.0833. The molecule has 0 saturated carbocycles. The zero-order valence-electron chi connectivity index (χ0n) is 9.12. The topological polar surface area (TPSA) is 56.5 Å². The van der Waals surface area contributed by atoms with Crippen molar-refractivity contribution in [3.8, 4) is 0 Å². The van der Waals surface area contributed by atoms with Crippen molar-refractivity contribution in [1.82, 2.24) is 14.6 Å². The van der Waals surface area contributed by atoms with Crippen LogP contribution in [-0.4, -0.2) is 27.7 Å². The summed E-state index contributed by atoms with van der Waals surface area (Å²) in [6.45, 7) is 0. The van der Waals surface area contributed by atoms with Gasteiger partial charge in [0, 0.05) is 11.6 Å². The smallest absolute Gasteiger partial charge is 0.356 e. The molecule has 0 aliphatic rings. The fourth-order valence-electron chi connectivity index (χ4n) is 1.76. The SMILES string of the molecule is COC(=O)c1ccn2nc3ccccc3c2n1. The van der Waals surface area contributed by atoms with Crippen LogP contribution >= 0.6 is 0 Å². The molecule has 0 bridgehead atoms. The fourth-order valence-corrected chi connectivity index (χ4v) is 1.76. The largest absolute Gasteiger partial charge is 0.464 e. The Hall–Kier alpha value is -2.43. The first-order chi connectivity index (χ1) is 8.29. The normalized spacial score (nSPS) is 10.9. The van der Waals surface area contributed by atoms with Crippen molar-refractivity contribution in [2.75, 3.05) is 7.11 Å².